The van der Waals surface area contributed by atoms with Crippen molar-refractivity contribution >= 4 is 22.6 Å². The standard InChI is InChI=1S/C22H21F3N4O3/c23-22(24,25)21-27-15-5-4-14(11-16(15)28-21)26-20(30)12-29-7-1-2-17(29)13-3-6-18-19(10-13)32-9-8-31-18/h3-6,10-11,17H,1-2,7-9,12H2,(H,26,30)(H,27,28). The minimum Gasteiger partial charge on any atom is -0.486 e. The van der Waals surface area contributed by atoms with E-state index in [-0.39, 0.29) is 29.5 Å². The Hall–Kier alpha value is -3.27. The molecule has 1 unspecified atom stereocenters. The zero-order valence-corrected chi connectivity index (χ0v) is 17.0. The number of halogens is 3. The van der Waals surface area contributed by atoms with Crippen molar-refractivity contribution < 1.29 is 27.4 Å². The minimum absolute atomic E-state index is 0.0843. The third kappa shape index (κ3) is 4.10. The van der Waals surface area contributed by atoms with Crippen molar-refractivity contribution in [3.63, 3.8) is 0 Å². The van der Waals surface area contributed by atoms with E-state index in [1.165, 1.54) is 12.1 Å². The number of benzene rings is 2. The van der Waals surface area contributed by atoms with E-state index in [2.05, 4.69) is 20.2 Å². The van der Waals surface area contributed by atoms with Gasteiger partial charge in [-0.25, -0.2) is 4.98 Å². The monoisotopic (exact) mass is 446 g/mol. The number of H-pyrrole nitrogens is 1. The Morgan fingerprint density at radius 2 is 1.97 bits per heavy atom. The third-order valence-electron chi connectivity index (χ3n) is 5.70. The minimum atomic E-state index is -4.55. The molecule has 168 valence electrons. The van der Waals surface area contributed by atoms with Gasteiger partial charge in [0.15, 0.2) is 11.5 Å². The lowest BCUT2D eigenvalue weighted by Crippen LogP contribution is -2.33. The van der Waals surface area contributed by atoms with Crippen LogP contribution >= 0.6 is 0 Å². The first-order valence-corrected chi connectivity index (χ1v) is 10.4. The second-order valence-corrected chi connectivity index (χ2v) is 7.89. The van der Waals surface area contributed by atoms with Crippen molar-refractivity contribution in [2.75, 3.05) is 31.6 Å². The summed E-state index contributed by atoms with van der Waals surface area (Å²) in [6.45, 7) is 2.00. The summed E-state index contributed by atoms with van der Waals surface area (Å²) in [6, 6.07) is 10.4. The van der Waals surface area contributed by atoms with Crippen LogP contribution in [0.15, 0.2) is 36.4 Å². The highest BCUT2D eigenvalue weighted by Crippen LogP contribution is 2.38. The van der Waals surface area contributed by atoms with Gasteiger partial charge in [0, 0.05) is 11.7 Å². The lowest BCUT2D eigenvalue weighted by Gasteiger charge is -2.26. The topological polar surface area (TPSA) is 79.5 Å². The van der Waals surface area contributed by atoms with Gasteiger partial charge < -0.3 is 19.8 Å². The first kappa shape index (κ1) is 20.6. The van der Waals surface area contributed by atoms with Gasteiger partial charge in [0.1, 0.15) is 13.2 Å². The number of nitrogens with zero attached hydrogens (tertiary/aromatic N) is 2. The number of likely N-dealkylation sites (tertiary alicyclic amines) is 1. The molecule has 1 amide bonds. The molecule has 1 saturated heterocycles. The smallest absolute Gasteiger partial charge is 0.449 e. The SMILES string of the molecule is O=C(CN1CCCC1c1ccc2c(c1)OCCO2)Nc1ccc2nc(C(F)(F)F)[nH]c2c1. The number of ether oxygens (including phenoxy) is 2. The fourth-order valence-corrected chi connectivity index (χ4v) is 4.27. The Kier molecular flexibility index (Phi) is 5.16. The average molecular weight is 446 g/mol. The molecule has 32 heavy (non-hydrogen) atoms. The van der Waals surface area contributed by atoms with E-state index < -0.39 is 12.0 Å². The van der Waals surface area contributed by atoms with Gasteiger partial charge in [0.25, 0.3) is 0 Å². The first-order chi connectivity index (χ1) is 15.4. The van der Waals surface area contributed by atoms with Crippen molar-refractivity contribution in [1.82, 2.24) is 14.9 Å². The number of hydrogen-bond donors (Lipinski definition) is 2. The summed E-state index contributed by atoms with van der Waals surface area (Å²) >= 11 is 0. The number of carbonyl (C=O) groups excluding carboxylic acids is 1. The van der Waals surface area contributed by atoms with E-state index in [1.54, 1.807) is 6.07 Å². The number of aromatic amines is 1. The number of anilines is 1. The predicted molar refractivity (Wildman–Crippen MR) is 111 cm³/mol. The number of nitrogens with one attached hydrogen (secondary N) is 2. The van der Waals surface area contributed by atoms with Gasteiger partial charge in [-0.1, -0.05) is 6.07 Å². The van der Waals surface area contributed by atoms with Crippen LogP contribution in [0.1, 0.15) is 30.3 Å². The molecule has 3 aromatic rings. The molecule has 2 N–H and O–H groups in total. The molecule has 1 aromatic heterocycles. The molecule has 0 bridgehead atoms. The lowest BCUT2D eigenvalue weighted by molar-refractivity contribution is -0.144. The number of rotatable bonds is 4. The summed E-state index contributed by atoms with van der Waals surface area (Å²) in [4.78, 5) is 20.6. The Balaban J connectivity index is 1.27. The Labute approximate surface area is 181 Å². The van der Waals surface area contributed by atoms with Gasteiger partial charge in [-0.3, -0.25) is 9.69 Å². The fraction of sp³-hybridized carbons (Fsp3) is 0.364. The van der Waals surface area contributed by atoms with E-state index >= 15 is 0 Å². The summed E-state index contributed by atoms with van der Waals surface area (Å²) in [6.07, 6.45) is -2.67. The van der Waals surface area contributed by atoms with Crippen LogP contribution in [-0.4, -0.2) is 47.1 Å². The quantitative estimate of drug-likeness (QED) is 0.630. The summed E-state index contributed by atoms with van der Waals surface area (Å²) in [5, 5.41) is 2.78. The van der Waals surface area contributed by atoms with Crippen molar-refractivity contribution in [2.24, 2.45) is 0 Å². The number of alkyl halides is 3. The summed E-state index contributed by atoms with van der Waals surface area (Å²) in [5.41, 5.74) is 1.88. The Morgan fingerprint density at radius 1 is 1.16 bits per heavy atom. The summed E-state index contributed by atoms with van der Waals surface area (Å²) in [5.74, 6) is 0.154. The van der Waals surface area contributed by atoms with Gasteiger partial charge >= 0.3 is 6.18 Å². The van der Waals surface area contributed by atoms with Crippen LogP contribution in [0.25, 0.3) is 11.0 Å². The van der Waals surface area contributed by atoms with Crippen LogP contribution in [0.4, 0.5) is 18.9 Å². The number of aromatic nitrogens is 2. The molecule has 0 saturated carbocycles. The molecule has 2 aliphatic rings. The lowest BCUT2D eigenvalue weighted by atomic mass is 10.0. The third-order valence-corrected chi connectivity index (χ3v) is 5.70. The number of carbonyl (C=O) groups is 1. The molecular weight excluding hydrogens is 425 g/mol. The molecule has 3 heterocycles. The molecule has 7 nitrogen and oxygen atoms in total. The number of fused-ring (bicyclic) bond motifs is 2. The van der Waals surface area contributed by atoms with Gasteiger partial charge in [-0.05, 0) is 55.3 Å². The van der Waals surface area contributed by atoms with Crippen molar-refractivity contribution in [2.45, 2.75) is 25.1 Å². The second kappa shape index (κ2) is 8.01. The fourth-order valence-electron chi connectivity index (χ4n) is 4.27. The van der Waals surface area contributed by atoms with Crippen LogP contribution in [0.5, 0.6) is 11.5 Å². The first-order valence-electron chi connectivity index (χ1n) is 10.4. The number of imidazole rings is 1. The Bertz CT molecular complexity index is 1160. The number of hydrogen-bond acceptors (Lipinski definition) is 5. The van der Waals surface area contributed by atoms with E-state index in [0.717, 1.165) is 36.4 Å². The molecule has 0 spiro atoms. The van der Waals surface area contributed by atoms with Crippen LogP contribution in [0.2, 0.25) is 0 Å². The van der Waals surface area contributed by atoms with Gasteiger partial charge in [-0.2, -0.15) is 13.2 Å². The van der Waals surface area contributed by atoms with Gasteiger partial charge in [0.2, 0.25) is 11.7 Å². The molecule has 0 radical (unpaired) electrons. The highest BCUT2D eigenvalue weighted by Gasteiger charge is 2.34. The highest BCUT2D eigenvalue weighted by atomic mass is 19.4. The summed E-state index contributed by atoms with van der Waals surface area (Å²) in [7, 11) is 0. The molecular formula is C22H21F3N4O3. The molecule has 1 fully saturated rings. The molecule has 2 aliphatic heterocycles. The van der Waals surface area contributed by atoms with Crippen LogP contribution in [0, 0.1) is 0 Å². The highest BCUT2D eigenvalue weighted by molar-refractivity contribution is 5.94. The zero-order chi connectivity index (χ0) is 22.3. The maximum Gasteiger partial charge on any atom is 0.449 e. The predicted octanol–water partition coefficient (Wildman–Crippen LogP) is 4.13. The van der Waals surface area contributed by atoms with Crippen LogP contribution < -0.4 is 14.8 Å². The molecule has 2 aromatic carbocycles. The largest absolute Gasteiger partial charge is 0.486 e. The van der Waals surface area contributed by atoms with Crippen LogP contribution in [-0.2, 0) is 11.0 Å². The van der Waals surface area contributed by atoms with E-state index in [9.17, 15) is 18.0 Å². The molecule has 5 rings (SSSR count). The van der Waals surface area contributed by atoms with E-state index in [0.29, 0.717) is 18.9 Å². The van der Waals surface area contributed by atoms with Crippen molar-refractivity contribution in [3.05, 3.63) is 47.8 Å². The normalized spacial score (nSPS) is 18.8. The maximum absolute atomic E-state index is 12.9. The van der Waals surface area contributed by atoms with E-state index in [4.69, 9.17) is 9.47 Å². The molecule has 0 aliphatic carbocycles. The van der Waals surface area contributed by atoms with Gasteiger partial charge in [-0.15, -0.1) is 0 Å². The number of amides is 1. The average Bonchev–Trinajstić information content (AvgIpc) is 3.40. The van der Waals surface area contributed by atoms with Crippen molar-refractivity contribution in [3.8, 4) is 11.5 Å². The van der Waals surface area contributed by atoms with Gasteiger partial charge in [0.05, 0.1) is 17.6 Å². The zero-order valence-electron chi connectivity index (χ0n) is 17.0. The summed E-state index contributed by atoms with van der Waals surface area (Å²) < 4.78 is 49.8. The van der Waals surface area contributed by atoms with Crippen LogP contribution in [0.3, 0.4) is 0 Å². The van der Waals surface area contributed by atoms with E-state index in [1.807, 2.05) is 18.2 Å². The molecule has 1 atom stereocenters. The second-order valence-electron chi connectivity index (χ2n) is 7.89. The Morgan fingerprint density at radius 3 is 2.78 bits per heavy atom. The van der Waals surface area contributed by atoms with Crippen molar-refractivity contribution in [1.29, 1.82) is 0 Å². The maximum atomic E-state index is 12.9. The molecule has 10 heteroatoms.